The topological polar surface area (TPSA) is 75.1 Å². The molecule has 0 amide bonds. The molecule has 0 saturated heterocycles. The number of methoxy groups -OCH3 is 2. The van der Waals surface area contributed by atoms with Gasteiger partial charge in [0.2, 0.25) is 5.75 Å². The predicted molar refractivity (Wildman–Crippen MR) is 116 cm³/mol. The van der Waals surface area contributed by atoms with Crippen LogP contribution < -0.4 is 20.1 Å². The molecule has 0 spiro atoms. The number of nitrogens with zero attached hydrogens (tertiary/aromatic N) is 1. The summed E-state index contributed by atoms with van der Waals surface area (Å²) >= 11 is 0. The molecule has 1 saturated carbocycles. The summed E-state index contributed by atoms with van der Waals surface area (Å²) in [6, 6.07) is 4.04. The van der Waals surface area contributed by atoms with Crippen molar-refractivity contribution in [2.24, 2.45) is 16.8 Å². The van der Waals surface area contributed by atoms with E-state index in [1.54, 1.807) is 19.2 Å². The second-order valence-electron chi connectivity index (χ2n) is 7.03. The minimum Gasteiger partial charge on any atom is -0.502 e. The van der Waals surface area contributed by atoms with Gasteiger partial charge < -0.3 is 25.2 Å². The van der Waals surface area contributed by atoms with Gasteiger partial charge in [0.05, 0.1) is 14.2 Å². The summed E-state index contributed by atoms with van der Waals surface area (Å²) in [7, 11) is 4.83. The molecular formula is C19H32IN3O3. The first kappa shape index (κ1) is 22.7. The Bertz CT molecular complexity index is 575. The maximum absolute atomic E-state index is 10.00. The number of guanidine groups is 1. The number of nitrogens with one attached hydrogen (secondary N) is 2. The fourth-order valence-electron chi connectivity index (χ4n) is 3.69. The minimum absolute atomic E-state index is 0. The Labute approximate surface area is 173 Å². The smallest absolute Gasteiger partial charge is 0.200 e. The molecule has 1 aromatic carbocycles. The van der Waals surface area contributed by atoms with Gasteiger partial charge in [-0.1, -0.05) is 13.8 Å². The van der Waals surface area contributed by atoms with E-state index in [9.17, 15) is 5.11 Å². The molecule has 148 valence electrons. The molecule has 0 bridgehead atoms. The van der Waals surface area contributed by atoms with Crippen LogP contribution in [0.15, 0.2) is 17.1 Å². The van der Waals surface area contributed by atoms with Crippen molar-refractivity contribution in [3.8, 4) is 17.2 Å². The molecule has 0 aliphatic heterocycles. The van der Waals surface area contributed by atoms with E-state index in [1.807, 2.05) is 0 Å². The van der Waals surface area contributed by atoms with Crippen LogP contribution in [0.1, 0.15) is 38.7 Å². The van der Waals surface area contributed by atoms with Crippen molar-refractivity contribution in [2.75, 3.05) is 21.3 Å². The number of halogens is 1. The highest BCUT2D eigenvalue weighted by molar-refractivity contribution is 14.0. The molecule has 0 aromatic heterocycles. The zero-order valence-corrected chi connectivity index (χ0v) is 18.7. The summed E-state index contributed by atoms with van der Waals surface area (Å²) in [5.41, 5.74) is 0.944. The van der Waals surface area contributed by atoms with Gasteiger partial charge in [0.1, 0.15) is 0 Å². The highest BCUT2D eigenvalue weighted by atomic mass is 127. The Morgan fingerprint density at radius 3 is 2.12 bits per heavy atom. The first-order valence-electron chi connectivity index (χ1n) is 8.87. The molecule has 7 heteroatoms. The lowest BCUT2D eigenvalue weighted by Crippen LogP contribution is -2.45. The molecule has 3 N–H and O–H groups in total. The Morgan fingerprint density at radius 1 is 1.12 bits per heavy atom. The van der Waals surface area contributed by atoms with Crippen LogP contribution in [0, 0.1) is 11.8 Å². The summed E-state index contributed by atoms with van der Waals surface area (Å²) < 4.78 is 10.4. The maximum atomic E-state index is 10.00. The zero-order chi connectivity index (χ0) is 18.4. The first-order chi connectivity index (χ1) is 12.0. The number of benzene rings is 1. The summed E-state index contributed by atoms with van der Waals surface area (Å²) in [5, 5.41) is 16.9. The molecular weight excluding hydrogens is 445 g/mol. The van der Waals surface area contributed by atoms with Gasteiger partial charge in [0.25, 0.3) is 0 Å². The van der Waals surface area contributed by atoms with E-state index >= 15 is 0 Å². The minimum atomic E-state index is 0. The summed E-state index contributed by atoms with van der Waals surface area (Å²) in [5.74, 6) is 3.08. The number of ether oxygens (including phenoxy) is 2. The molecule has 26 heavy (non-hydrogen) atoms. The summed E-state index contributed by atoms with van der Waals surface area (Å²) in [4.78, 5) is 4.33. The average Bonchev–Trinajstić information content (AvgIpc) is 2.58. The van der Waals surface area contributed by atoms with E-state index in [4.69, 9.17) is 9.47 Å². The molecule has 6 nitrogen and oxygen atoms in total. The van der Waals surface area contributed by atoms with Gasteiger partial charge in [-0.05, 0) is 48.8 Å². The molecule has 1 aliphatic carbocycles. The van der Waals surface area contributed by atoms with Gasteiger partial charge in [-0.2, -0.15) is 0 Å². The quantitative estimate of drug-likeness (QED) is 0.344. The summed E-state index contributed by atoms with van der Waals surface area (Å²) in [6.45, 7) is 5.19. The second-order valence-corrected chi connectivity index (χ2v) is 7.03. The van der Waals surface area contributed by atoms with E-state index in [2.05, 4.69) is 29.5 Å². The first-order valence-corrected chi connectivity index (χ1v) is 8.87. The number of phenols is 1. The van der Waals surface area contributed by atoms with Crippen molar-refractivity contribution in [1.29, 1.82) is 0 Å². The Morgan fingerprint density at radius 2 is 1.65 bits per heavy atom. The standard InChI is InChI=1S/C19H31N3O3.HI/c1-12-6-13(2)8-15(7-12)22-19(20-3)21-11-14-9-16(24-4)18(23)17(10-14)25-5;/h9-10,12-13,15,23H,6-8,11H2,1-5H3,(H2,20,21,22);1H. The lowest BCUT2D eigenvalue weighted by atomic mass is 9.80. The third kappa shape index (κ3) is 6.10. The van der Waals surface area contributed by atoms with E-state index in [1.165, 1.54) is 33.5 Å². The maximum Gasteiger partial charge on any atom is 0.200 e. The monoisotopic (exact) mass is 477 g/mol. The van der Waals surface area contributed by atoms with Gasteiger partial charge in [-0.25, -0.2) is 0 Å². The van der Waals surface area contributed by atoms with E-state index in [0.29, 0.717) is 24.1 Å². The highest BCUT2D eigenvalue weighted by Gasteiger charge is 2.24. The molecule has 0 heterocycles. The molecule has 1 fully saturated rings. The van der Waals surface area contributed by atoms with E-state index < -0.39 is 0 Å². The van der Waals surface area contributed by atoms with E-state index in [-0.39, 0.29) is 29.7 Å². The number of aromatic hydroxyl groups is 1. The molecule has 2 atom stereocenters. The number of phenolic OH excluding ortho intramolecular Hbond substituents is 1. The normalized spacial score (nSPS) is 23.0. The SMILES string of the molecule is CN=C(NCc1cc(OC)c(O)c(OC)c1)NC1CC(C)CC(C)C1.I. The number of rotatable bonds is 5. The lowest BCUT2D eigenvalue weighted by Gasteiger charge is -2.32. The van der Waals surface area contributed by atoms with Crippen molar-refractivity contribution in [3.05, 3.63) is 17.7 Å². The van der Waals surface area contributed by atoms with Crippen molar-refractivity contribution < 1.29 is 14.6 Å². The van der Waals surface area contributed by atoms with Crippen LogP contribution >= 0.6 is 24.0 Å². The Kier molecular flexibility index (Phi) is 9.32. The largest absolute Gasteiger partial charge is 0.502 e. The highest BCUT2D eigenvalue weighted by Crippen LogP contribution is 2.37. The van der Waals surface area contributed by atoms with Crippen LogP contribution in [0.5, 0.6) is 17.2 Å². The molecule has 2 rings (SSSR count). The van der Waals surface area contributed by atoms with Crippen molar-refractivity contribution in [1.82, 2.24) is 10.6 Å². The third-order valence-electron chi connectivity index (χ3n) is 4.74. The zero-order valence-electron chi connectivity index (χ0n) is 16.3. The van der Waals surface area contributed by atoms with Crippen LogP contribution in [0.4, 0.5) is 0 Å². The van der Waals surface area contributed by atoms with Gasteiger partial charge >= 0.3 is 0 Å². The van der Waals surface area contributed by atoms with Crippen LogP contribution in [-0.2, 0) is 6.54 Å². The summed E-state index contributed by atoms with van der Waals surface area (Å²) in [6.07, 6.45) is 3.65. The van der Waals surface area contributed by atoms with Crippen LogP contribution in [0.25, 0.3) is 0 Å². The fourth-order valence-corrected chi connectivity index (χ4v) is 3.69. The predicted octanol–water partition coefficient (Wildman–Crippen LogP) is 3.52. The average molecular weight is 477 g/mol. The molecule has 1 aliphatic rings. The van der Waals surface area contributed by atoms with Crippen LogP contribution in [0.3, 0.4) is 0 Å². The van der Waals surface area contributed by atoms with Gasteiger partial charge in [0, 0.05) is 19.6 Å². The third-order valence-corrected chi connectivity index (χ3v) is 4.74. The number of aliphatic imine (C=N–C) groups is 1. The number of hydrogen-bond donors (Lipinski definition) is 3. The van der Waals surface area contributed by atoms with Gasteiger partial charge in [-0.15, -0.1) is 24.0 Å². The second kappa shape index (κ2) is 10.7. The molecule has 0 radical (unpaired) electrons. The van der Waals surface area contributed by atoms with Gasteiger partial charge in [-0.3, -0.25) is 4.99 Å². The van der Waals surface area contributed by atoms with Gasteiger partial charge in [0.15, 0.2) is 17.5 Å². The molecule has 2 unspecified atom stereocenters. The fraction of sp³-hybridized carbons (Fsp3) is 0.632. The van der Waals surface area contributed by atoms with Crippen molar-refractivity contribution >= 4 is 29.9 Å². The number of hydrogen-bond acceptors (Lipinski definition) is 4. The van der Waals surface area contributed by atoms with Crippen molar-refractivity contribution in [2.45, 2.75) is 45.7 Å². The van der Waals surface area contributed by atoms with E-state index in [0.717, 1.165) is 23.4 Å². The van der Waals surface area contributed by atoms with Crippen LogP contribution in [-0.4, -0.2) is 38.4 Å². The van der Waals surface area contributed by atoms with Crippen LogP contribution in [0.2, 0.25) is 0 Å². The Balaban J connectivity index is 0.00000338. The Hall–Kier alpha value is -1.38. The van der Waals surface area contributed by atoms with Crippen molar-refractivity contribution in [3.63, 3.8) is 0 Å². The molecule has 1 aromatic rings. The lowest BCUT2D eigenvalue weighted by molar-refractivity contribution is 0.255.